The molecule has 118 valence electrons. The summed E-state index contributed by atoms with van der Waals surface area (Å²) in [6, 6.07) is 5.90. The molecule has 1 saturated heterocycles. The molecule has 0 unspecified atom stereocenters. The molecule has 0 radical (unpaired) electrons. The minimum Gasteiger partial charge on any atom is -0.353 e. The summed E-state index contributed by atoms with van der Waals surface area (Å²) in [5.41, 5.74) is 1.83. The molecule has 0 aromatic carbocycles. The minimum absolute atomic E-state index is 0.615. The fourth-order valence-electron chi connectivity index (χ4n) is 2.91. The highest BCUT2D eigenvalue weighted by atomic mass is 15.3. The van der Waals surface area contributed by atoms with Crippen molar-refractivity contribution in [1.82, 2.24) is 29.6 Å². The maximum Gasteiger partial charge on any atom is 0.163 e. The van der Waals surface area contributed by atoms with Crippen LogP contribution in [0.2, 0.25) is 0 Å². The van der Waals surface area contributed by atoms with E-state index < -0.39 is 0 Å². The first kappa shape index (κ1) is 14.1. The molecule has 7 heteroatoms. The molecule has 1 fully saturated rings. The first-order valence-electron chi connectivity index (χ1n) is 7.81. The van der Waals surface area contributed by atoms with Crippen LogP contribution in [0.15, 0.2) is 36.9 Å². The molecule has 0 amide bonds. The summed E-state index contributed by atoms with van der Waals surface area (Å²) in [5.74, 6) is 0.982. The fraction of sp³-hybridized carbons (Fsp3) is 0.375. The van der Waals surface area contributed by atoms with Gasteiger partial charge < -0.3 is 9.80 Å². The van der Waals surface area contributed by atoms with Crippen LogP contribution in [0.5, 0.6) is 0 Å². The number of pyridine rings is 1. The Morgan fingerprint density at radius 3 is 2.70 bits per heavy atom. The first-order chi connectivity index (χ1) is 11.3. The highest BCUT2D eigenvalue weighted by Gasteiger charge is 2.19. The van der Waals surface area contributed by atoms with Gasteiger partial charge in [-0.25, -0.2) is 14.6 Å². The lowest BCUT2D eigenvalue weighted by molar-refractivity contribution is 0.312. The molecular formula is C16H19N7. The van der Waals surface area contributed by atoms with E-state index in [-0.39, 0.29) is 0 Å². The van der Waals surface area contributed by atoms with Crippen LogP contribution in [0.3, 0.4) is 0 Å². The number of anilines is 1. The van der Waals surface area contributed by atoms with Crippen molar-refractivity contribution >= 4 is 16.9 Å². The standard InChI is InChI=1S/C16H19N7/c1-21-6-8-22(9-7-21)15-14-10-20-23(16(14)19-12-18-15)11-13-4-2-3-5-17-13/h2-5,10,12H,6-9,11H2,1H3. The Labute approximate surface area is 134 Å². The lowest BCUT2D eigenvalue weighted by Crippen LogP contribution is -2.44. The van der Waals surface area contributed by atoms with Gasteiger partial charge in [-0.15, -0.1) is 0 Å². The predicted molar refractivity (Wildman–Crippen MR) is 88.4 cm³/mol. The van der Waals surface area contributed by atoms with Gasteiger partial charge in [0, 0.05) is 32.4 Å². The maximum absolute atomic E-state index is 4.50. The molecule has 4 heterocycles. The van der Waals surface area contributed by atoms with Crippen molar-refractivity contribution in [2.24, 2.45) is 0 Å². The zero-order chi connectivity index (χ0) is 15.6. The molecule has 7 nitrogen and oxygen atoms in total. The van der Waals surface area contributed by atoms with Gasteiger partial charge in [0.15, 0.2) is 5.65 Å². The minimum atomic E-state index is 0.615. The van der Waals surface area contributed by atoms with Crippen LogP contribution in [-0.2, 0) is 6.54 Å². The van der Waals surface area contributed by atoms with Gasteiger partial charge in [-0.1, -0.05) is 6.07 Å². The van der Waals surface area contributed by atoms with Gasteiger partial charge in [-0.2, -0.15) is 5.10 Å². The number of hydrogen-bond donors (Lipinski definition) is 0. The average Bonchev–Trinajstić information content (AvgIpc) is 3.00. The Hall–Kier alpha value is -2.54. The highest BCUT2D eigenvalue weighted by Crippen LogP contribution is 2.23. The molecule has 0 spiro atoms. The Bertz CT molecular complexity index is 791. The third-order valence-corrected chi connectivity index (χ3v) is 4.25. The largest absolute Gasteiger partial charge is 0.353 e. The van der Waals surface area contributed by atoms with Crippen molar-refractivity contribution in [2.45, 2.75) is 6.54 Å². The predicted octanol–water partition coefficient (Wildman–Crippen LogP) is 1.02. The molecule has 0 saturated carbocycles. The van der Waals surface area contributed by atoms with E-state index in [4.69, 9.17) is 0 Å². The summed E-state index contributed by atoms with van der Waals surface area (Å²) in [7, 11) is 2.15. The Morgan fingerprint density at radius 2 is 1.91 bits per heavy atom. The van der Waals surface area contributed by atoms with Crippen molar-refractivity contribution < 1.29 is 0 Å². The fourth-order valence-corrected chi connectivity index (χ4v) is 2.91. The van der Waals surface area contributed by atoms with Crippen LogP contribution in [0.25, 0.3) is 11.0 Å². The Morgan fingerprint density at radius 1 is 1.04 bits per heavy atom. The van der Waals surface area contributed by atoms with Gasteiger partial charge in [-0.3, -0.25) is 4.98 Å². The Balaban J connectivity index is 1.66. The molecule has 3 aromatic heterocycles. The van der Waals surface area contributed by atoms with Crippen molar-refractivity contribution in [2.75, 3.05) is 38.1 Å². The zero-order valence-electron chi connectivity index (χ0n) is 13.1. The van der Waals surface area contributed by atoms with Crippen LogP contribution in [0.1, 0.15) is 5.69 Å². The highest BCUT2D eigenvalue weighted by molar-refractivity contribution is 5.86. The summed E-state index contributed by atoms with van der Waals surface area (Å²) in [4.78, 5) is 17.9. The smallest absolute Gasteiger partial charge is 0.163 e. The third kappa shape index (κ3) is 2.75. The topological polar surface area (TPSA) is 63.0 Å². The molecule has 0 N–H and O–H groups in total. The van der Waals surface area contributed by atoms with Gasteiger partial charge in [0.1, 0.15) is 12.1 Å². The van der Waals surface area contributed by atoms with Crippen LogP contribution in [0, 0.1) is 0 Å². The van der Waals surface area contributed by atoms with Crippen molar-refractivity contribution in [3.8, 4) is 0 Å². The molecule has 0 bridgehead atoms. The van der Waals surface area contributed by atoms with Crippen molar-refractivity contribution in [3.05, 3.63) is 42.6 Å². The summed E-state index contributed by atoms with van der Waals surface area (Å²) >= 11 is 0. The van der Waals surface area contributed by atoms with Crippen LogP contribution in [0.4, 0.5) is 5.82 Å². The van der Waals surface area contributed by atoms with Gasteiger partial charge in [0.25, 0.3) is 0 Å². The second kappa shape index (κ2) is 5.92. The molecule has 23 heavy (non-hydrogen) atoms. The van der Waals surface area contributed by atoms with Crippen LogP contribution >= 0.6 is 0 Å². The van der Waals surface area contributed by atoms with E-state index in [9.17, 15) is 0 Å². The van der Waals surface area contributed by atoms with E-state index in [1.165, 1.54) is 0 Å². The summed E-state index contributed by atoms with van der Waals surface area (Å²) < 4.78 is 1.89. The second-order valence-corrected chi connectivity index (χ2v) is 5.85. The van der Waals surface area contributed by atoms with Gasteiger partial charge in [-0.05, 0) is 19.2 Å². The van der Waals surface area contributed by atoms with E-state index in [1.807, 2.05) is 29.1 Å². The molecule has 3 aromatic rings. The summed E-state index contributed by atoms with van der Waals surface area (Å²) in [5, 5.41) is 5.51. The quantitative estimate of drug-likeness (QED) is 0.720. The normalized spacial score (nSPS) is 16.1. The van der Waals surface area contributed by atoms with E-state index in [0.717, 1.165) is 48.7 Å². The number of likely N-dealkylation sites (N-methyl/N-ethyl adjacent to an activating group) is 1. The monoisotopic (exact) mass is 309 g/mol. The van der Waals surface area contributed by atoms with Gasteiger partial charge >= 0.3 is 0 Å². The zero-order valence-corrected chi connectivity index (χ0v) is 13.1. The summed E-state index contributed by atoms with van der Waals surface area (Å²) in [6.45, 7) is 4.67. The van der Waals surface area contributed by atoms with E-state index in [1.54, 1.807) is 12.5 Å². The SMILES string of the molecule is CN1CCN(c2ncnc3c2cnn3Cc2ccccn2)CC1. The Kier molecular flexibility index (Phi) is 3.63. The molecule has 0 atom stereocenters. The van der Waals surface area contributed by atoms with E-state index in [0.29, 0.717) is 6.54 Å². The second-order valence-electron chi connectivity index (χ2n) is 5.85. The molecule has 4 rings (SSSR count). The number of aromatic nitrogens is 5. The maximum atomic E-state index is 4.50. The third-order valence-electron chi connectivity index (χ3n) is 4.25. The lowest BCUT2D eigenvalue weighted by Gasteiger charge is -2.33. The summed E-state index contributed by atoms with van der Waals surface area (Å²) in [6.07, 6.45) is 5.30. The molecule has 1 aliphatic heterocycles. The van der Waals surface area contributed by atoms with Crippen LogP contribution < -0.4 is 4.90 Å². The first-order valence-corrected chi connectivity index (χ1v) is 7.81. The van der Waals surface area contributed by atoms with Crippen molar-refractivity contribution in [1.29, 1.82) is 0 Å². The molecular weight excluding hydrogens is 290 g/mol. The van der Waals surface area contributed by atoms with Crippen molar-refractivity contribution in [3.63, 3.8) is 0 Å². The van der Waals surface area contributed by atoms with E-state index in [2.05, 4.69) is 36.9 Å². The number of hydrogen-bond acceptors (Lipinski definition) is 6. The van der Waals surface area contributed by atoms with Gasteiger partial charge in [0.05, 0.1) is 23.8 Å². The number of nitrogens with zero attached hydrogens (tertiary/aromatic N) is 7. The number of rotatable bonds is 3. The van der Waals surface area contributed by atoms with Crippen LogP contribution in [-0.4, -0.2) is 62.9 Å². The van der Waals surface area contributed by atoms with Gasteiger partial charge in [0.2, 0.25) is 0 Å². The molecule has 1 aliphatic rings. The molecule has 0 aliphatic carbocycles. The number of piperazine rings is 1. The number of fused-ring (bicyclic) bond motifs is 1. The van der Waals surface area contributed by atoms with E-state index >= 15 is 0 Å². The lowest BCUT2D eigenvalue weighted by atomic mass is 10.3. The average molecular weight is 309 g/mol.